The lowest BCUT2D eigenvalue weighted by atomic mass is 10.1. The molecule has 6 heteroatoms. The summed E-state index contributed by atoms with van der Waals surface area (Å²) in [7, 11) is 3.17. The Balaban J connectivity index is 1.45. The Morgan fingerprint density at radius 2 is 1.69 bits per heavy atom. The molecule has 5 aromatic rings. The number of amides is 1. The summed E-state index contributed by atoms with van der Waals surface area (Å²) in [6.07, 6.45) is 0. The van der Waals surface area contributed by atoms with Crippen LogP contribution in [0.4, 0.5) is 5.69 Å². The molecule has 6 nitrogen and oxygen atoms in total. The quantitative estimate of drug-likeness (QED) is 0.379. The van der Waals surface area contributed by atoms with Crippen molar-refractivity contribution in [3.63, 3.8) is 0 Å². The lowest BCUT2D eigenvalue weighted by Crippen LogP contribution is -2.13. The lowest BCUT2D eigenvalue weighted by molar-refractivity contribution is 0.102. The minimum Gasteiger partial charge on any atom is -0.497 e. The number of ether oxygens (including phenoxy) is 2. The molecule has 0 saturated carbocycles. The first-order chi connectivity index (χ1) is 15.6. The van der Waals surface area contributed by atoms with Crippen LogP contribution < -0.4 is 14.8 Å². The third kappa shape index (κ3) is 3.63. The smallest absolute Gasteiger partial charge is 0.259 e. The highest BCUT2D eigenvalue weighted by molar-refractivity contribution is 6.09. The largest absolute Gasteiger partial charge is 0.497 e. The number of carbonyl (C=O) groups excluding carboxylic acids is 1. The maximum absolute atomic E-state index is 13.0. The molecule has 158 valence electrons. The van der Waals surface area contributed by atoms with Crippen molar-refractivity contribution in [2.45, 2.75) is 0 Å². The molecule has 1 aromatic heterocycles. The molecule has 32 heavy (non-hydrogen) atoms. The summed E-state index contributed by atoms with van der Waals surface area (Å²) in [5, 5.41) is 4.91. The molecule has 0 atom stereocenters. The molecule has 0 fully saturated rings. The van der Waals surface area contributed by atoms with Crippen molar-refractivity contribution >= 4 is 33.5 Å². The Hall–Kier alpha value is -4.32. The van der Waals surface area contributed by atoms with E-state index in [0.29, 0.717) is 34.0 Å². The molecule has 0 aliphatic rings. The van der Waals surface area contributed by atoms with Gasteiger partial charge in [0.2, 0.25) is 5.89 Å². The highest BCUT2D eigenvalue weighted by Gasteiger charge is 2.15. The van der Waals surface area contributed by atoms with Crippen LogP contribution in [0.15, 0.2) is 83.3 Å². The van der Waals surface area contributed by atoms with Gasteiger partial charge in [0.15, 0.2) is 5.58 Å². The number of hydrogen-bond acceptors (Lipinski definition) is 5. The van der Waals surface area contributed by atoms with Crippen molar-refractivity contribution in [1.82, 2.24) is 4.98 Å². The fourth-order valence-corrected chi connectivity index (χ4v) is 3.65. The minimum absolute atomic E-state index is 0.261. The zero-order valence-corrected chi connectivity index (χ0v) is 17.6. The first-order valence-electron chi connectivity index (χ1n) is 10.1. The predicted molar refractivity (Wildman–Crippen MR) is 124 cm³/mol. The Morgan fingerprint density at radius 3 is 2.47 bits per heavy atom. The first kappa shape index (κ1) is 19.6. The van der Waals surface area contributed by atoms with Gasteiger partial charge in [-0.3, -0.25) is 4.79 Å². The SMILES string of the molecule is COc1cccc(-c2nc3cc(NC(=O)c4cc5ccccc5cc4OC)ccc3o2)c1. The normalized spacial score (nSPS) is 10.9. The van der Waals surface area contributed by atoms with E-state index < -0.39 is 0 Å². The summed E-state index contributed by atoms with van der Waals surface area (Å²) in [6.45, 7) is 0. The van der Waals surface area contributed by atoms with Crippen molar-refractivity contribution in [2.75, 3.05) is 19.5 Å². The van der Waals surface area contributed by atoms with Gasteiger partial charge < -0.3 is 19.2 Å². The van der Waals surface area contributed by atoms with Gasteiger partial charge in [-0.1, -0.05) is 30.3 Å². The topological polar surface area (TPSA) is 73.6 Å². The summed E-state index contributed by atoms with van der Waals surface area (Å²) in [5.74, 6) is 1.47. The van der Waals surface area contributed by atoms with Crippen molar-refractivity contribution < 1.29 is 18.7 Å². The maximum Gasteiger partial charge on any atom is 0.259 e. The van der Waals surface area contributed by atoms with Crippen LogP contribution in [-0.4, -0.2) is 25.1 Å². The van der Waals surface area contributed by atoms with Crippen LogP contribution in [0.25, 0.3) is 33.3 Å². The molecule has 1 heterocycles. The lowest BCUT2D eigenvalue weighted by Gasteiger charge is -2.11. The Morgan fingerprint density at radius 1 is 0.875 bits per heavy atom. The fraction of sp³-hybridized carbons (Fsp3) is 0.0769. The standard InChI is InChI=1S/C26H20N2O4/c1-30-20-9-5-8-18(12-20)26-28-22-15-19(10-11-23(22)32-26)27-25(29)21-13-16-6-3-4-7-17(16)14-24(21)31-2/h3-15H,1-2H3,(H,27,29). The van der Waals surface area contributed by atoms with Gasteiger partial charge in [-0.25, -0.2) is 4.98 Å². The van der Waals surface area contributed by atoms with Gasteiger partial charge in [0.1, 0.15) is 17.0 Å². The van der Waals surface area contributed by atoms with E-state index in [9.17, 15) is 4.79 Å². The van der Waals surface area contributed by atoms with Gasteiger partial charge in [-0.05, 0) is 59.3 Å². The summed E-state index contributed by atoms with van der Waals surface area (Å²) >= 11 is 0. The third-order valence-electron chi connectivity index (χ3n) is 5.27. The van der Waals surface area contributed by atoms with Crippen LogP contribution in [0, 0.1) is 0 Å². The van der Waals surface area contributed by atoms with Crippen LogP contribution in [0.1, 0.15) is 10.4 Å². The second-order valence-electron chi connectivity index (χ2n) is 7.29. The molecule has 4 aromatic carbocycles. The zero-order chi connectivity index (χ0) is 22.1. The monoisotopic (exact) mass is 424 g/mol. The number of anilines is 1. The number of nitrogens with one attached hydrogen (secondary N) is 1. The summed E-state index contributed by atoms with van der Waals surface area (Å²) in [4.78, 5) is 17.6. The zero-order valence-electron chi connectivity index (χ0n) is 17.6. The molecular formula is C26H20N2O4. The molecular weight excluding hydrogens is 404 g/mol. The van der Waals surface area contributed by atoms with Crippen LogP contribution in [0.5, 0.6) is 11.5 Å². The molecule has 0 spiro atoms. The number of methoxy groups -OCH3 is 2. The maximum atomic E-state index is 13.0. The molecule has 0 aliphatic carbocycles. The molecule has 5 rings (SSSR count). The number of benzene rings is 4. The summed E-state index contributed by atoms with van der Waals surface area (Å²) in [6, 6.07) is 24.4. The van der Waals surface area contributed by atoms with Crippen molar-refractivity contribution in [3.8, 4) is 23.0 Å². The third-order valence-corrected chi connectivity index (χ3v) is 5.27. The number of fused-ring (bicyclic) bond motifs is 2. The van der Waals surface area contributed by atoms with Gasteiger partial charge >= 0.3 is 0 Å². The second-order valence-corrected chi connectivity index (χ2v) is 7.29. The van der Waals surface area contributed by atoms with E-state index in [-0.39, 0.29) is 5.91 Å². The van der Waals surface area contributed by atoms with E-state index in [2.05, 4.69) is 10.3 Å². The number of rotatable bonds is 5. The van der Waals surface area contributed by atoms with Crippen LogP contribution in [0.3, 0.4) is 0 Å². The van der Waals surface area contributed by atoms with E-state index in [1.807, 2.05) is 60.7 Å². The number of aromatic nitrogens is 1. The molecule has 0 radical (unpaired) electrons. The molecule has 0 bridgehead atoms. The highest BCUT2D eigenvalue weighted by Crippen LogP contribution is 2.30. The van der Waals surface area contributed by atoms with Gasteiger partial charge in [-0.2, -0.15) is 0 Å². The molecule has 1 N–H and O–H groups in total. The highest BCUT2D eigenvalue weighted by atomic mass is 16.5. The van der Waals surface area contributed by atoms with Gasteiger partial charge in [0, 0.05) is 11.3 Å². The van der Waals surface area contributed by atoms with Crippen LogP contribution >= 0.6 is 0 Å². The van der Waals surface area contributed by atoms with Crippen LogP contribution in [-0.2, 0) is 0 Å². The van der Waals surface area contributed by atoms with Crippen molar-refractivity contribution in [2.24, 2.45) is 0 Å². The summed E-state index contributed by atoms with van der Waals surface area (Å²) < 4.78 is 16.6. The van der Waals surface area contributed by atoms with E-state index in [1.54, 1.807) is 32.4 Å². The number of nitrogens with zero attached hydrogens (tertiary/aromatic N) is 1. The molecule has 0 unspecified atom stereocenters. The Labute approximate surface area is 184 Å². The second kappa shape index (κ2) is 8.07. The molecule has 0 aliphatic heterocycles. The minimum atomic E-state index is -0.261. The van der Waals surface area contributed by atoms with E-state index >= 15 is 0 Å². The van der Waals surface area contributed by atoms with Crippen molar-refractivity contribution in [1.29, 1.82) is 0 Å². The van der Waals surface area contributed by atoms with Gasteiger partial charge in [-0.15, -0.1) is 0 Å². The number of hydrogen-bond donors (Lipinski definition) is 1. The predicted octanol–water partition coefficient (Wildman–Crippen LogP) is 5.92. The van der Waals surface area contributed by atoms with Crippen molar-refractivity contribution in [3.05, 3.63) is 84.4 Å². The first-order valence-corrected chi connectivity index (χ1v) is 10.1. The average Bonchev–Trinajstić information content (AvgIpc) is 3.26. The number of carbonyl (C=O) groups is 1. The Bertz CT molecular complexity index is 1460. The average molecular weight is 424 g/mol. The summed E-state index contributed by atoms with van der Waals surface area (Å²) in [5.41, 5.74) is 3.16. The fourth-order valence-electron chi connectivity index (χ4n) is 3.65. The van der Waals surface area contributed by atoms with Gasteiger partial charge in [0.25, 0.3) is 5.91 Å². The van der Waals surface area contributed by atoms with Crippen LogP contribution in [0.2, 0.25) is 0 Å². The number of oxazole rings is 1. The molecule has 1 amide bonds. The van der Waals surface area contributed by atoms with E-state index in [1.165, 1.54) is 0 Å². The van der Waals surface area contributed by atoms with E-state index in [4.69, 9.17) is 13.9 Å². The van der Waals surface area contributed by atoms with E-state index in [0.717, 1.165) is 22.1 Å². The van der Waals surface area contributed by atoms with Gasteiger partial charge in [0.05, 0.1) is 19.8 Å². The Kier molecular flexibility index (Phi) is 4.95. The molecule has 0 saturated heterocycles.